The number of methoxy groups -OCH3 is 1. The van der Waals surface area contributed by atoms with E-state index in [1.165, 1.54) is 16.3 Å². The fourth-order valence-corrected chi connectivity index (χ4v) is 9.35. The van der Waals surface area contributed by atoms with Gasteiger partial charge in [0.05, 0.1) is 54.6 Å². The molecule has 0 spiro atoms. The molecule has 2 saturated heterocycles. The van der Waals surface area contributed by atoms with Crippen molar-refractivity contribution in [2.75, 3.05) is 40.1 Å². The summed E-state index contributed by atoms with van der Waals surface area (Å²) >= 11 is 1.48. The van der Waals surface area contributed by atoms with Crippen LogP contribution in [0.1, 0.15) is 69.8 Å². The van der Waals surface area contributed by atoms with E-state index in [0.717, 1.165) is 49.7 Å². The second-order valence-corrected chi connectivity index (χ2v) is 17.9. The summed E-state index contributed by atoms with van der Waals surface area (Å²) in [5.74, 6) is -0.422. The van der Waals surface area contributed by atoms with Crippen molar-refractivity contribution in [2.24, 2.45) is 23.2 Å². The molecule has 6 atom stereocenters. The average Bonchev–Trinajstić information content (AvgIpc) is 3.46. The Kier molecular flexibility index (Phi) is 11.3. The quantitative estimate of drug-likeness (QED) is 0.208. The zero-order valence-corrected chi connectivity index (χ0v) is 34.5. The highest BCUT2D eigenvalue weighted by atomic mass is 32.1. The number of esters is 1. The Morgan fingerprint density at radius 3 is 2.72 bits per heavy atom. The molecule has 2 N–H and O–H groups in total. The minimum atomic E-state index is -0.848. The van der Waals surface area contributed by atoms with Crippen LogP contribution in [0.15, 0.2) is 41.9 Å². The van der Waals surface area contributed by atoms with Gasteiger partial charge < -0.3 is 28.8 Å². The lowest BCUT2D eigenvalue weighted by atomic mass is 9.84. The third kappa shape index (κ3) is 8.11. The van der Waals surface area contributed by atoms with Gasteiger partial charge in [0, 0.05) is 71.6 Å². The summed E-state index contributed by atoms with van der Waals surface area (Å²) in [4.78, 5) is 51.3. The highest BCUT2D eigenvalue weighted by Crippen LogP contribution is 2.46. The molecule has 0 radical (unpaired) electrons. The van der Waals surface area contributed by atoms with Gasteiger partial charge >= 0.3 is 5.97 Å². The summed E-state index contributed by atoms with van der Waals surface area (Å²) in [6.45, 7) is 13.2. The number of amides is 2. The molecular weight excluding hydrogens is 745 g/mol. The van der Waals surface area contributed by atoms with E-state index < -0.39 is 23.5 Å². The molecule has 4 aliphatic rings. The number of aromatic nitrogens is 3. The van der Waals surface area contributed by atoms with Crippen molar-refractivity contribution in [3.63, 3.8) is 0 Å². The number of hydrazine groups is 1. The number of pyridine rings is 1. The second kappa shape index (κ2) is 16.2. The summed E-state index contributed by atoms with van der Waals surface area (Å²) in [7, 11) is 1.69. The Morgan fingerprint density at radius 1 is 1.18 bits per heavy atom. The van der Waals surface area contributed by atoms with Gasteiger partial charge in [0.2, 0.25) is 5.91 Å². The molecule has 4 aromatic rings. The van der Waals surface area contributed by atoms with E-state index in [1.807, 2.05) is 18.4 Å². The van der Waals surface area contributed by atoms with Crippen LogP contribution in [0.3, 0.4) is 0 Å². The van der Waals surface area contributed by atoms with Gasteiger partial charge in [-0.05, 0) is 67.9 Å². The minimum Gasteiger partial charge on any atom is -0.464 e. The Hall–Kier alpha value is -4.21. The van der Waals surface area contributed by atoms with E-state index in [9.17, 15) is 14.4 Å². The molecule has 57 heavy (non-hydrogen) atoms. The van der Waals surface area contributed by atoms with Crippen LogP contribution < -0.4 is 10.7 Å². The van der Waals surface area contributed by atoms with Crippen molar-refractivity contribution in [1.82, 2.24) is 30.3 Å². The van der Waals surface area contributed by atoms with E-state index in [0.29, 0.717) is 52.2 Å². The van der Waals surface area contributed by atoms with Crippen molar-refractivity contribution in [1.29, 1.82) is 0 Å². The molecule has 1 aliphatic carbocycles. The summed E-state index contributed by atoms with van der Waals surface area (Å²) in [6, 6.07) is 8.96. The molecule has 13 nitrogen and oxygen atoms in total. The van der Waals surface area contributed by atoms with Gasteiger partial charge in [-0.25, -0.2) is 10.4 Å². The number of carbonyl (C=O) groups excluding carboxylic acids is 3. The Morgan fingerprint density at radius 2 is 1.98 bits per heavy atom. The fourth-order valence-electron chi connectivity index (χ4n) is 8.50. The third-order valence-corrected chi connectivity index (χ3v) is 13.1. The molecule has 304 valence electrons. The van der Waals surface area contributed by atoms with E-state index in [-0.39, 0.29) is 54.8 Å². The van der Waals surface area contributed by atoms with Crippen molar-refractivity contribution < 1.29 is 33.3 Å². The van der Waals surface area contributed by atoms with Crippen LogP contribution in [-0.2, 0) is 52.7 Å². The lowest BCUT2D eigenvalue weighted by Gasteiger charge is -2.35. The zero-order valence-electron chi connectivity index (χ0n) is 33.7. The first kappa shape index (κ1) is 39.6. The van der Waals surface area contributed by atoms with Crippen LogP contribution in [0.25, 0.3) is 33.4 Å². The smallest absolute Gasteiger partial charge is 0.324 e. The number of fused-ring (bicyclic) bond motifs is 6. The van der Waals surface area contributed by atoms with Crippen LogP contribution in [0.5, 0.6) is 0 Å². The standard InChI is InChI=1S/C43H54N6O7S/c1-24-25(2)37(24)40(50)46-33-18-36-45-34(22-57-36)27-11-12-35-30(17-27)31(19-43(4,5)23-56-42(52)32-10-8-14-49(47-32)41(33)51)39(48(35)15-16-55-28-20-54-21-28)29-9-7-13-44-38(29)26(3)53-6/h7,9,11-13,17,22,24-26,28,32-33,37,47H,8,10,14-16,18-21,23H2,1-6H3,(H,46,50)/t24-,25+,26-,32-,33-,37+/m0/s1. The van der Waals surface area contributed by atoms with E-state index in [4.69, 9.17) is 28.9 Å². The molecule has 0 unspecified atom stereocenters. The molecule has 2 amide bonds. The van der Waals surface area contributed by atoms with Crippen molar-refractivity contribution in [3.05, 3.63) is 58.2 Å². The summed E-state index contributed by atoms with van der Waals surface area (Å²) in [5.41, 5.74) is 9.37. The Bertz CT molecular complexity index is 2140. The van der Waals surface area contributed by atoms with Gasteiger partial charge in [0.25, 0.3) is 5.91 Å². The van der Waals surface area contributed by atoms with Gasteiger partial charge in [-0.3, -0.25) is 24.4 Å². The summed E-state index contributed by atoms with van der Waals surface area (Å²) in [6.07, 6.45) is 3.59. The second-order valence-electron chi connectivity index (χ2n) is 17.0. The molecule has 3 aliphatic heterocycles. The molecule has 14 heteroatoms. The lowest BCUT2D eigenvalue weighted by molar-refractivity contribution is -0.155. The molecule has 6 bridgehead atoms. The van der Waals surface area contributed by atoms with Crippen LogP contribution >= 0.6 is 11.3 Å². The monoisotopic (exact) mass is 798 g/mol. The maximum Gasteiger partial charge on any atom is 0.324 e. The number of nitrogens with zero attached hydrogens (tertiary/aromatic N) is 4. The SMILES string of the molecule is CO[C@@H](C)c1ncccc1-c1c2c3cc(ccc3n1CCOC1COC1)-c1csc(n1)C[C@H](NC(=O)[C@H]1[C@H](C)[C@@H]1C)C(=O)N1CCC[C@H](N1)C(=O)OCC(C)(C)C2. The van der Waals surface area contributed by atoms with Gasteiger partial charge in [-0.1, -0.05) is 33.8 Å². The van der Waals surface area contributed by atoms with E-state index in [1.54, 1.807) is 13.3 Å². The Labute approximate surface area is 337 Å². The largest absolute Gasteiger partial charge is 0.464 e. The van der Waals surface area contributed by atoms with Crippen molar-refractivity contribution in [2.45, 2.75) is 91.1 Å². The van der Waals surface area contributed by atoms with Gasteiger partial charge in [-0.15, -0.1) is 11.3 Å². The van der Waals surface area contributed by atoms with E-state index in [2.05, 4.69) is 67.3 Å². The molecule has 3 aromatic heterocycles. The van der Waals surface area contributed by atoms with Crippen LogP contribution in [0.4, 0.5) is 0 Å². The lowest BCUT2D eigenvalue weighted by Crippen LogP contribution is -2.60. The maximum absolute atomic E-state index is 14.2. The number of nitrogens with one attached hydrogen (secondary N) is 2. The molecular formula is C43H54N6O7S. The van der Waals surface area contributed by atoms with Crippen molar-refractivity contribution >= 4 is 40.0 Å². The van der Waals surface area contributed by atoms with Gasteiger partial charge in [-0.2, -0.15) is 0 Å². The van der Waals surface area contributed by atoms with Crippen LogP contribution in [-0.4, -0.2) is 95.6 Å². The fraction of sp³-hybridized carbons (Fsp3) is 0.558. The molecule has 6 heterocycles. The van der Waals surface area contributed by atoms with Gasteiger partial charge in [0.1, 0.15) is 18.2 Å². The number of carbonyl (C=O) groups is 3. The first-order chi connectivity index (χ1) is 27.4. The predicted octanol–water partition coefficient (Wildman–Crippen LogP) is 5.50. The zero-order chi connectivity index (χ0) is 40.0. The highest BCUT2D eigenvalue weighted by Gasteiger charge is 2.49. The molecule has 8 rings (SSSR count). The minimum absolute atomic E-state index is 0.0853. The average molecular weight is 799 g/mol. The van der Waals surface area contributed by atoms with E-state index >= 15 is 0 Å². The van der Waals surface area contributed by atoms with Crippen LogP contribution in [0.2, 0.25) is 0 Å². The first-order valence-corrected chi connectivity index (χ1v) is 21.1. The summed E-state index contributed by atoms with van der Waals surface area (Å²) in [5, 5.41) is 8.38. The maximum atomic E-state index is 14.2. The number of rotatable bonds is 9. The molecule has 3 fully saturated rings. The summed E-state index contributed by atoms with van der Waals surface area (Å²) < 4.78 is 25.9. The topological polar surface area (TPSA) is 146 Å². The number of hydrogen-bond donors (Lipinski definition) is 2. The highest BCUT2D eigenvalue weighted by molar-refractivity contribution is 7.10. The van der Waals surface area contributed by atoms with Crippen molar-refractivity contribution in [3.8, 4) is 22.5 Å². The normalized spacial score (nSPS) is 25.7. The number of thiazole rings is 1. The number of hydrogen-bond acceptors (Lipinski definition) is 11. The third-order valence-electron chi connectivity index (χ3n) is 12.2. The molecule has 1 saturated carbocycles. The predicted molar refractivity (Wildman–Crippen MR) is 216 cm³/mol. The first-order valence-electron chi connectivity index (χ1n) is 20.2. The number of ether oxygens (including phenoxy) is 4. The van der Waals surface area contributed by atoms with Crippen LogP contribution in [0, 0.1) is 23.2 Å². The number of benzene rings is 1. The number of cyclic esters (lactones) is 1. The van der Waals surface area contributed by atoms with Gasteiger partial charge in [0.15, 0.2) is 0 Å². The molecule has 1 aromatic carbocycles. The Balaban J connectivity index is 1.24.